The van der Waals surface area contributed by atoms with Gasteiger partial charge in [0.1, 0.15) is 0 Å². The van der Waals surface area contributed by atoms with Gasteiger partial charge in [0.05, 0.1) is 11.4 Å². The summed E-state index contributed by atoms with van der Waals surface area (Å²) < 4.78 is 5.03. The lowest BCUT2D eigenvalue weighted by molar-refractivity contribution is 0.904. The Balaban J connectivity index is 1.46. The molecular weight excluding hydrogens is 593 g/mol. The Bertz CT molecular complexity index is 2230. The Morgan fingerprint density at radius 2 is 1.51 bits per heavy atom. The van der Waals surface area contributed by atoms with Crippen LogP contribution in [0.15, 0.2) is 104 Å². The van der Waals surface area contributed by atoms with Crippen molar-refractivity contribution in [3.63, 3.8) is 0 Å². The first kappa shape index (κ1) is 32.2. The fourth-order valence-electron chi connectivity index (χ4n) is 8.14. The molecule has 0 aliphatic heterocycles. The van der Waals surface area contributed by atoms with Crippen LogP contribution >= 0.6 is 0 Å². The van der Waals surface area contributed by atoms with E-state index in [2.05, 4.69) is 172 Å². The van der Waals surface area contributed by atoms with Crippen molar-refractivity contribution >= 4 is 36.1 Å². The topological polar surface area (TPSA) is 9.86 Å². The van der Waals surface area contributed by atoms with E-state index in [1.165, 1.54) is 89.8 Å². The Hall–Kier alpha value is -5.34. The average molecular weight is 639 g/mol. The summed E-state index contributed by atoms with van der Waals surface area (Å²) in [6.45, 7) is 15.3. The highest BCUT2D eigenvalue weighted by atomic mass is 15.0. The predicted octanol–water partition coefficient (Wildman–Crippen LogP) is 12.6. The van der Waals surface area contributed by atoms with Gasteiger partial charge in [-0.05, 0) is 86.1 Å². The number of rotatable bonds is 9. The van der Waals surface area contributed by atoms with Crippen LogP contribution < -0.4 is 0 Å². The van der Waals surface area contributed by atoms with E-state index in [1.807, 2.05) is 6.08 Å². The molecule has 0 fully saturated rings. The van der Waals surface area contributed by atoms with Crippen LogP contribution in [0.3, 0.4) is 0 Å². The van der Waals surface area contributed by atoms with E-state index in [0.717, 1.165) is 25.7 Å². The number of benzene rings is 3. The van der Waals surface area contributed by atoms with Crippen molar-refractivity contribution in [3.05, 3.63) is 160 Å². The van der Waals surface area contributed by atoms with Crippen molar-refractivity contribution in [1.29, 1.82) is 0 Å². The number of aromatic nitrogens is 2. The summed E-state index contributed by atoms with van der Waals surface area (Å²) in [5.41, 5.74) is 20.8. The Morgan fingerprint density at radius 1 is 0.796 bits per heavy atom. The van der Waals surface area contributed by atoms with Crippen LogP contribution in [0.4, 0.5) is 0 Å². The third-order valence-electron chi connectivity index (χ3n) is 10.2. The molecule has 0 bridgehead atoms. The van der Waals surface area contributed by atoms with Crippen molar-refractivity contribution < 1.29 is 0 Å². The van der Waals surface area contributed by atoms with Crippen LogP contribution in [0.1, 0.15) is 90.3 Å². The van der Waals surface area contributed by atoms with Gasteiger partial charge < -0.3 is 9.13 Å². The molecule has 2 aromatic heterocycles. The Kier molecular flexibility index (Phi) is 8.97. The number of nitrogens with zero attached hydrogens (tertiary/aromatic N) is 2. The van der Waals surface area contributed by atoms with Crippen molar-refractivity contribution in [2.75, 3.05) is 0 Å². The molecule has 0 N–H and O–H groups in total. The van der Waals surface area contributed by atoms with Gasteiger partial charge in [0.2, 0.25) is 0 Å². The van der Waals surface area contributed by atoms with Gasteiger partial charge in [-0.3, -0.25) is 0 Å². The van der Waals surface area contributed by atoms with Crippen molar-refractivity contribution in [2.24, 2.45) is 0 Å². The van der Waals surface area contributed by atoms with Gasteiger partial charge >= 0.3 is 0 Å². The third-order valence-corrected chi connectivity index (χ3v) is 10.2. The van der Waals surface area contributed by atoms with Gasteiger partial charge in [0.25, 0.3) is 0 Å². The molecule has 244 valence electrons. The van der Waals surface area contributed by atoms with Crippen LogP contribution in [0, 0.1) is 6.92 Å². The summed E-state index contributed by atoms with van der Waals surface area (Å²) in [5.74, 6) is 0. The van der Waals surface area contributed by atoms with Gasteiger partial charge in [-0.2, -0.15) is 0 Å². The Morgan fingerprint density at radius 3 is 2.24 bits per heavy atom. The quantitative estimate of drug-likeness (QED) is 0.149. The number of fused-ring (bicyclic) bond motifs is 4. The summed E-state index contributed by atoms with van der Waals surface area (Å²) in [7, 11) is 0. The molecule has 0 atom stereocenters. The lowest BCUT2D eigenvalue weighted by atomic mass is 9.94. The molecule has 0 amide bonds. The highest BCUT2D eigenvalue weighted by Crippen LogP contribution is 2.44. The van der Waals surface area contributed by atoms with Gasteiger partial charge in [0.15, 0.2) is 0 Å². The van der Waals surface area contributed by atoms with E-state index in [9.17, 15) is 0 Å². The first-order valence-corrected chi connectivity index (χ1v) is 17.8. The largest absolute Gasteiger partial charge is 0.316 e. The zero-order chi connectivity index (χ0) is 34.1. The predicted molar refractivity (Wildman–Crippen MR) is 214 cm³/mol. The SMILES string of the molecule is C=Cc1c2c(n(/C(=C/c3c(/C=C\C)c(CC)n(-c4ccccc4-c4cccc5c4Cc4ccccc4-5)c3C)CC)c1/C=C\C)CC=CC=C2. The van der Waals surface area contributed by atoms with Gasteiger partial charge in [0, 0.05) is 57.0 Å². The van der Waals surface area contributed by atoms with E-state index < -0.39 is 0 Å². The highest BCUT2D eigenvalue weighted by Gasteiger charge is 2.26. The second kappa shape index (κ2) is 13.6. The van der Waals surface area contributed by atoms with Crippen LogP contribution in [-0.4, -0.2) is 9.13 Å². The molecule has 3 aromatic carbocycles. The fraction of sp³-hybridized carbons (Fsp3) is 0.191. The smallest absolute Gasteiger partial charge is 0.0534 e. The first-order chi connectivity index (χ1) is 24.1. The van der Waals surface area contributed by atoms with Crippen molar-refractivity contribution in [2.45, 2.75) is 60.3 Å². The maximum atomic E-state index is 4.24. The monoisotopic (exact) mass is 638 g/mol. The average Bonchev–Trinajstić information content (AvgIpc) is 3.65. The molecular formula is C47H46N2. The molecule has 7 rings (SSSR count). The first-order valence-electron chi connectivity index (χ1n) is 17.8. The summed E-state index contributed by atoms with van der Waals surface area (Å²) in [6, 6.07) is 24.7. The van der Waals surface area contributed by atoms with Crippen molar-refractivity contribution in [3.8, 4) is 27.9 Å². The van der Waals surface area contributed by atoms with Crippen LogP contribution in [0.2, 0.25) is 0 Å². The minimum atomic E-state index is 0.874. The number of hydrogen-bond acceptors (Lipinski definition) is 0. The van der Waals surface area contributed by atoms with Gasteiger partial charge in [-0.15, -0.1) is 0 Å². The summed E-state index contributed by atoms with van der Waals surface area (Å²) in [5, 5.41) is 0. The minimum Gasteiger partial charge on any atom is -0.316 e. The molecule has 0 saturated heterocycles. The normalized spacial score (nSPS) is 13.7. The van der Waals surface area contributed by atoms with E-state index in [1.54, 1.807) is 0 Å². The summed E-state index contributed by atoms with van der Waals surface area (Å²) in [6.07, 6.45) is 25.8. The molecule has 49 heavy (non-hydrogen) atoms. The molecule has 2 heteroatoms. The lowest BCUT2D eigenvalue weighted by Gasteiger charge is -2.18. The van der Waals surface area contributed by atoms with Crippen LogP contribution in [0.25, 0.3) is 64.0 Å². The minimum absolute atomic E-state index is 0.874. The Labute approximate surface area is 292 Å². The van der Waals surface area contributed by atoms with Gasteiger partial charge in [-0.1, -0.05) is 130 Å². The van der Waals surface area contributed by atoms with Crippen LogP contribution in [0.5, 0.6) is 0 Å². The molecule has 0 spiro atoms. The molecule has 5 aromatic rings. The molecule has 2 nitrogen and oxygen atoms in total. The van der Waals surface area contributed by atoms with E-state index >= 15 is 0 Å². The maximum absolute atomic E-state index is 4.24. The molecule has 0 saturated carbocycles. The van der Waals surface area contributed by atoms with E-state index in [4.69, 9.17) is 0 Å². The van der Waals surface area contributed by atoms with E-state index in [-0.39, 0.29) is 0 Å². The van der Waals surface area contributed by atoms with Gasteiger partial charge in [-0.25, -0.2) is 0 Å². The van der Waals surface area contributed by atoms with E-state index in [0.29, 0.717) is 0 Å². The highest BCUT2D eigenvalue weighted by molar-refractivity contribution is 5.89. The van der Waals surface area contributed by atoms with Crippen molar-refractivity contribution in [1.82, 2.24) is 9.13 Å². The zero-order valence-corrected chi connectivity index (χ0v) is 29.6. The molecule has 2 aliphatic carbocycles. The second-order valence-corrected chi connectivity index (χ2v) is 12.9. The molecule has 0 unspecified atom stereocenters. The van der Waals surface area contributed by atoms with Crippen LogP contribution in [-0.2, 0) is 19.3 Å². The standard InChI is InChI=1S/C47H46N2/c1-7-20-39-42(31-34(9-3)49-45(21-8-2)35(10-4)40-24-13-12-14-28-47(40)49)32(6)48(44(39)11-5)46-29-18-17-25-41(46)38-27-19-26-37-36-23-16-15-22-33(36)30-43(37)38/h7-8,10,12-27,29,31H,4,9,11,28,30H2,1-3,5-6H3/b20-7-,21-8-,34-31+. The number of hydrogen-bond donors (Lipinski definition) is 0. The number of para-hydroxylation sites is 1. The summed E-state index contributed by atoms with van der Waals surface area (Å²) in [4.78, 5) is 0. The fourth-order valence-corrected chi connectivity index (χ4v) is 8.14. The molecule has 2 aliphatic rings. The lowest BCUT2D eigenvalue weighted by Crippen LogP contribution is -2.05. The molecule has 0 radical (unpaired) electrons. The summed E-state index contributed by atoms with van der Waals surface area (Å²) >= 11 is 0. The molecule has 2 heterocycles. The number of allylic oxidation sites excluding steroid dienone is 6. The maximum Gasteiger partial charge on any atom is 0.0534 e. The third kappa shape index (κ3) is 5.36. The second-order valence-electron chi connectivity index (χ2n) is 12.9. The zero-order valence-electron chi connectivity index (χ0n) is 29.6.